The normalized spacial score (nSPS) is 35.8. The molecule has 0 aliphatic carbocycles. The largest absolute Gasteiger partial charge is 0.426 e. The van der Waals surface area contributed by atoms with Crippen molar-refractivity contribution in [2.75, 3.05) is 6.79 Å². The van der Waals surface area contributed by atoms with E-state index in [9.17, 15) is 27.6 Å². The molecule has 31 heavy (non-hydrogen) atoms. The third-order valence-electron chi connectivity index (χ3n) is 6.31. The number of fused-ring (bicyclic) bond motifs is 2. The Morgan fingerprint density at radius 3 is 2.19 bits per heavy atom. The number of esters is 2. The van der Waals surface area contributed by atoms with Crippen molar-refractivity contribution >= 4 is 57.8 Å². The number of rotatable bonds is 4. The molecule has 0 saturated carbocycles. The van der Waals surface area contributed by atoms with Crippen LogP contribution in [0.1, 0.15) is 34.1 Å². The minimum atomic E-state index is -3.74. The number of β-lactam (4-membered cyclic amide) rings is 2. The summed E-state index contributed by atoms with van der Waals surface area (Å²) in [5.41, 5.74) is 5.77. The Bertz CT molecular complexity index is 968. The molecule has 0 bridgehead atoms. The van der Waals surface area contributed by atoms with Crippen molar-refractivity contribution in [2.45, 2.75) is 72.5 Å². The number of carbonyl (C=O) groups excluding carboxylic acids is 4. The van der Waals surface area contributed by atoms with Crippen LogP contribution in [-0.4, -0.2) is 87.1 Å². The fourth-order valence-electron chi connectivity index (χ4n) is 4.54. The first-order chi connectivity index (χ1) is 13.7. The van der Waals surface area contributed by atoms with E-state index in [1.165, 1.54) is 30.5 Å². The number of nitrogens with two attached hydrogens (primary N) is 1. The third-order valence-corrected chi connectivity index (χ3v) is 10.7. The van der Waals surface area contributed by atoms with E-state index in [-0.39, 0.29) is 30.1 Å². The van der Waals surface area contributed by atoms with Gasteiger partial charge in [-0.3, -0.25) is 9.59 Å². The first-order valence-electron chi connectivity index (χ1n) is 9.37. The lowest BCUT2D eigenvalue weighted by atomic mass is 9.96. The number of sulfone groups is 1. The molecule has 4 aliphatic heterocycles. The van der Waals surface area contributed by atoms with Crippen LogP contribution in [0.15, 0.2) is 0 Å². The van der Waals surface area contributed by atoms with Gasteiger partial charge in [-0.2, -0.15) is 0 Å². The van der Waals surface area contributed by atoms with E-state index in [4.69, 9.17) is 15.2 Å². The van der Waals surface area contributed by atoms with Gasteiger partial charge in [-0.25, -0.2) is 18.0 Å². The van der Waals surface area contributed by atoms with Gasteiger partial charge >= 0.3 is 11.9 Å². The summed E-state index contributed by atoms with van der Waals surface area (Å²) in [6.45, 7) is 5.55. The monoisotopic (exact) mass is 497 g/mol. The number of hydrogen-bond donors (Lipinski definition) is 1. The van der Waals surface area contributed by atoms with Crippen LogP contribution in [0.2, 0.25) is 0 Å². The molecule has 1 unspecified atom stereocenters. The van der Waals surface area contributed by atoms with E-state index >= 15 is 0 Å². The fourth-order valence-corrected chi connectivity index (χ4v) is 8.22. The fraction of sp³-hybridized carbons (Fsp3) is 0.765. The summed E-state index contributed by atoms with van der Waals surface area (Å²) in [5.74, 6) is -2.51. The van der Waals surface area contributed by atoms with Gasteiger partial charge < -0.3 is 25.0 Å². The van der Waals surface area contributed by atoms with Gasteiger partial charge in [-0.05, 0) is 27.7 Å². The Hall–Kier alpha value is -1.57. The second kappa shape index (κ2) is 7.22. The highest BCUT2D eigenvalue weighted by molar-refractivity contribution is 8.01. The minimum absolute atomic E-state index is 0. The molecule has 0 radical (unpaired) electrons. The number of nitrogens with zero attached hydrogens (tertiary/aromatic N) is 2. The van der Waals surface area contributed by atoms with Crippen LogP contribution in [0, 0.1) is 0 Å². The van der Waals surface area contributed by atoms with Gasteiger partial charge in [-0.15, -0.1) is 24.2 Å². The van der Waals surface area contributed by atoms with E-state index in [0.29, 0.717) is 0 Å². The highest BCUT2D eigenvalue weighted by Gasteiger charge is 2.68. The number of thioether (sulfide) groups is 1. The zero-order valence-electron chi connectivity index (χ0n) is 17.3. The van der Waals surface area contributed by atoms with Gasteiger partial charge in [-0.1, -0.05) is 0 Å². The van der Waals surface area contributed by atoms with Crippen LogP contribution in [-0.2, 0) is 38.5 Å². The molecule has 0 aromatic rings. The lowest BCUT2D eigenvalue weighted by molar-refractivity contribution is -0.181. The Balaban J connectivity index is 0.00000272. The molecule has 2 N–H and O–H groups in total. The van der Waals surface area contributed by atoms with E-state index < -0.39 is 67.5 Å². The molecule has 4 aliphatic rings. The van der Waals surface area contributed by atoms with Crippen LogP contribution in [0.4, 0.5) is 0 Å². The van der Waals surface area contributed by atoms with Gasteiger partial charge in [0.05, 0.1) is 11.2 Å². The average molecular weight is 498 g/mol. The van der Waals surface area contributed by atoms with E-state index in [0.717, 1.165) is 4.90 Å². The predicted octanol–water partition coefficient (Wildman–Crippen LogP) is -1.02. The van der Waals surface area contributed by atoms with Crippen molar-refractivity contribution in [3.8, 4) is 0 Å². The van der Waals surface area contributed by atoms with E-state index in [1.807, 2.05) is 0 Å². The summed E-state index contributed by atoms with van der Waals surface area (Å²) in [6.07, 6.45) is -0.161. The third kappa shape index (κ3) is 3.07. The van der Waals surface area contributed by atoms with Crippen LogP contribution in [0.25, 0.3) is 0 Å². The summed E-state index contributed by atoms with van der Waals surface area (Å²) in [4.78, 5) is 51.5. The highest BCUT2D eigenvalue weighted by Crippen LogP contribution is 2.50. The van der Waals surface area contributed by atoms with Gasteiger partial charge in [0.15, 0.2) is 9.84 Å². The molecule has 0 aromatic heterocycles. The maximum Gasteiger partial charge on any atom is 0.333 e. The molecule has 0 spiro atoms. The second-order valence-electron chi connectivity index (χ2n) is 8.84. The number of halogens is 1. The Labute approximate surface area is 189 Å². The zero-order chi connectivity index (χ0) is 22.4. The standard InChI is InChI=1S/C17H23N3O8S2.ClH/c1-16(2)10(20-12(22)9(18)13(20)29-16)14(23)27-6-28-15(24)11-17(3,4)30(25,26)8-5-7(21)19(8)11;/h8-11,13H,5-6,18H2,1-4H3;1H/t8-,9?,10+,11+,13-;/m1./s1. The zero-order valence-corrected chi connectivity index (χ0v) is 19.7. The molecular weight excluding hydrogens is 474 g/mol. The smallest absolute Gasteiger partial charge is 0.333 e. The summed E-state index contributed by atoms with van der Waals surface area (Å²) in [7, 11) is -3.74. The molecule has 14 heteroatoms. The highest BCUT2D eigenvalue weighted by atomic mass is 35.5. The Morgan fingerprint density at radius 2 is 1.65 bits per heavy atom. The van der Waals surface area contributed by atoms with Crippen molar-refractivity contribution in [1.82, 2.24) is 9.80 Å². The number of carbonyl (C=O) groups is 4. The van der Waals surface area contributed by atoms with Crippen molar-refractivity contribution in [3.63, 3.8) is 0 Å². The molecule has 174 valence electrons. The van der Waals surface area contributed by atoms with E-state index in [1.54, 1.807) is 13.8 Å². The number of hydrogen-bond acceptors (Lipinski definition) is 10. The van der Waals surface area contributed by atoms with Crippen molar-refractivity contribution in [1.29, 1.82) is 0 Å². The summed E-state index contributed by atoms with van der Waals surface area (Å²) < 4.78 is 33.0. The molecule has 4 rings (SSSR count). The van der Waals surface area contributed by atoms with Crippen LogP contribution < -0.4 is 5.73 Å². The predicted molar refractivity (Wildman–Crippen MR) is 110 cm³/mol. The SMILES string of the molecule is CC1(C)S[C@@H]2C(N)C(=O)N2[C@H]1C(=O)OCOC(=O)[C@@H]1N2C(=O)C[C@H]2S(=O)(=O)C1(C)C.Cl. The maximum absolute atomic E-state index is 12.6. The molecule has 11 nitrogen and oxygen atoms in total. The molecule has 4 saturated heterocycles. The topological polar surface area (TPSA) is 153 Å². The van der Waals surface area contributed by atoms with Gasteiger partial charge in [0.25, 0.3) is 0 Å². The second-order valence-corrected chi connectivity index (χ2v) is 13.3. The first-order valence-corrected chi connectivity index (χ1v) is 11.8. The molecule has 0 aromatic carbocycles. The molecule has 5 atom stereocenters. The number of amides is 2. The number of ether oxygens (including phenoxy) is 2. The maximum atomic E-state index is 12.6. The van der Waals surface area contributed by atoms with Crippen LogP contribution in [0.5, 0.6) is 0 Å². The average Bonchev–Trinajstić information content (AvgIpc) is 2.97. The minimum Gasteiger partial charge on any atom is -0.426 e. The van der Waals surface area contributed by atoms with Crippen molar-refractivity contribution < 1.29 is 37.1 Å². The molecular formula is C17H24ClN3O8S2. The molecule has 2 amide bonds. The summed E-state index contributed by atoms with van der Waals surface area (Å²) >= 11 is 1.39. The van der Waals surface area contributed by atoms with Crippen molar-refractivity contribution in [2.24, 2.45) is 5.73 Å². The summed E-state index contributed by atoms with van der Waals surface area (Å²) in [6, 6.07) is -2.87. The van der Waals surface area contributed by atoms with Crippen molar-refractivity contribution in [3.05, 3.63) is 0 Å². The Kier molecular flexibility index (Phi) is 5.61. The quantitative estimate of drug-likeness (QED) is 0.290. The molecule has 4 fully saturated rings. The van der Waals surface area contributed by atoms with Gasteiger partial charge in [0.1, 0.15) is 28.9 Å². The Morgan fingerprint density at radius 1 is 1.10 bits per heavy atom. The van der Waals surface area contributed by atoms with Gasteiger partial charge in [0.2, 0.25) is 18.6 Å². The lowest BCUT2D eigenvalue weighted by Crippen LogP contribution is -2.68. The first kappa shape index (κ1) is 24.1. The van der Waals surface area contributed by atoms with E-state index in [2.05, 4.69) is 0 Å². The van der Waals surface area contributed by atoms with Gasteiger partial charge in [0, 0.05) is 4.75 Å². The van der Waals surface area contributed by atoms with Crippen LogP contribution >= 0.6 is 24.2 Å². The van der Waals surface area contributed by atoms with Crippen LogP contribution in [0.3, 0.4) is 0 Å². The summed E-state index contributed by atoms with van der Waals surface area (Å²) in [5, 5.41) is -1.35. The molecule has 4 heterocycles. The lowest BCUT2D eigenvalue weighted by Gasteiger charge is -2.41.